The van der Waals surface area contributed by atoms with Crippen LogP contribution in [0.3, 0.4) is 0 Å². The van der Waals surface area contributed by atoms with Crippen molar-refractivity contribution in [1.82, 2.24) is 0 Å². The number of hydrogen-bond acceptors (Lipinski definition) is 5. The van der Waals surface area contributed by atoms with E-state index in [1.54, 1.807) is 0 Å². The summed E-state index contributed by atoms with van der Waals surface area (Å²) < 4.78 is 33.1. The van der Waals surface area contributed by atoms with Crippen LogP contribution in [0.5, 0.6) is 0 Å². The Morgan fingerprint density at radius 1 is 1.27 bits per heavy atom. The van der Waals surface area contributed by atoms with Crippen molar-refractivity contribution < 1.29 is 33.0 Å². The van der Waals surface area contributed by atoms with Crippen molar-refractivity contribution in [2.45, 2.75) is 32.3 Å². The van der Waals surface area contributed by atoms with Gasteiger partial charge in [0.25, 0.3) is 0 Å². The monoisotopic (exact) mass is 225 g/mol. The summed E-state index contributed by atoms with van der Waals surface area (Å²) in [5.41, 5.74) is -0.895. The molecule has 0 saturated carbocycles. The fourth-order valence-corrected chi connectivity index (χ4v) is 0.488. The molecule has 0 rings (SSSR count). The van der Waals surface area contributed by atoms with E-state index in [-0.39, 0.29) is 0 Å². The van der Waals surface area contributed by atoms with Gasteiger partial charge in [0, 0.05) is 0 Å². The molecule has 0 aromatic carbocycles. The molecule has 88 valence electrons. The maximum Gasteiger partial charge on any atom is 0.509 e. The molecule has 0 aliphatic rings. The summed E-state index contributed by atoms with van der Waals surface area (Å²) >= 11 is 0. The lowest BCUT2D eigenvalue weighted by atomic mass is 10.2. The van der Waals surface area contributed by atoms with Crippen molar-refractivity contribution in [3.05, 3.63) is 0 Å². The molecule has 0 bridgehead atoms. The van der Waals surface area contributed by atoms with Gasteiger partial charge in [0.05, 0.1) is 0 Å². The Morgan fingerprint density at radius 2 is 1.73 bits per heavy atom. The summed E-state index contributed by atoms with van der Waals surface area (Å²) in [6.07, 6.45) is -1.36. The van der Waals surface area contributed by atoms with Crippen LogP contribution in [0.2, 0.25) is 0 Å². The number of carboxylic acid groups (broad SMARTS) is 1. The predicted molar refractivity (Wildman–Crippen MR) is 42.1 cm³/mol. The molecule has 0 unspecified atom stereocenters. The Bertz CT molecular complexity index is 256. The Labute approximate surface area is 85.0 Å². The molecular formula is C8H11F2O5-. The van der Waals surface area contributed by atoms with Crippen LogP contribution in [0.15, 0.2) is 0 Å². The van der Waals surface area contributed by atoms with Crippen LogP contribution in [0, 0.1) is 0 Å². The molecule has 0 aliphatic carbocycles. The number of rotatable bonds is 3. The van der Waals surface area contributed by atoms with Gasteiger partial charge in [-0.2, -0.15) is 8.78 Å². The predicted octanol–water partition coefficient (Wildman–Crippen LogP) is 0.323. The third kappa shape index (κ3) is 5.82. The molecule has 5 nitrogen and oxygen atoms in total. The van der Waals surface area contributed by atoms with Crippen LogP contribution in [-0.2, 0) is 14.3 Å². The topological polar surface area (TPSA) is 75.7 Å². The van der Waals surface area contributed by atoms with E-state index in [1.165, 1.54) is 20.8 Å². The van der Waals surface area contributed by atoms with Gasteiger partial charge < -0.3 is 19.4 Å². The van der Waals surface area contributed by atoms with E-state index in [4.69, 9.17) is 0 Å². The zero-order chi connectivity index (χ0) is 12.3. The molecule has 0 aromatic rings. The number of alkyl halides is 2. The number of hydrogen-bond donors (Lipinski definition) is 0. The van der Waals surface area contributed by atoms with Gasteiger partial charge in [0.15, 0.2) is 6.61 Å². The van der Waals surface area contributed by atoms with Gasteiger partial charge in [-0.05, 0) is 20.8 Å². The van der Waals surface area contributed by atoms with Gasteiger partial charge in [-0.15, -0.1) is 0 Å². The molecular weight excluding hydrogens is 214 g/mol. The summed E-state index contributed by atoms with van der Waals surface area (Å²) in [5, 5.41) is 9.83. The number of carbonyl (C=O) groups is 2. The maximum absolute atomic E-state index is 12.3. The second kappa shape index (κ2) is 4.41. The summed E-state index contributed by atoms with van der Waals surface area (Å²) in [5.74, 6) is -6.82. The highest BCUT2D eigenvalue weighted by Crippen LogP contribution is 2.14. The fraction of sp³-hybridized carbons (Fsp3) is 0.750. The largest absolute Gasteiger partial charge is 0.544 e. The average molecular weight is 225 g/mol. The molecule has 0 aromatic heterocycles. The van der Waals surface area contributed by atoms with Gasteiger partial charge in [-0.1, -0.05) is 0 Å². The molecule has 0 atom stereocenters. The van der Waals surface area contributed by atoms with Crippen LogP contribution in [0.1, 0.15) is 20.8 Å². The molecule has 0 N–H and O–H groups in total. The zero-order valence-electron chi connectivity index (χ0n) is 8.50. The van der Waals surface area contributed by atoms with Crippen molar-refractivity contribution in [1.29, 1.82) is 0 Å². The quantitative estimate of drug-likeness (QED) is 0.646. The Morgan fingerprint density at radius 3 is 2.07 bits per heavy atom. The second-order valence-corrected chi connectivity index (χ2v) is 3.75. The lowest BCUT2D eigenvalue weighted by molar-refractivity contribution is -0.331. The van der Waals surface area contributed by atoms with Gasteiger partial charge >= 0.3 is 12.1 Å². The normalized spacial score (nSPS) is 12.1. The van der Waals surface area contributed by atoms with Gasteiger partial charge in [0.2, 0.25) is 0 Å². The van der Waals surface area contributed by atoms with E-state index in [2.05, 4.69) is 9.47 Å². The minimum atomic E-state index is -4.21. The highest BCUT2D eigenvalue weighted by molar-refractivity contribution is 5.73. The molecule has 0 heterocycles. The summed E-state index contributed by atoms with van der Waals surface area (Å²) in [6, 6.07) is 0. The van der Waals surface area contributed by atoms with E-state index in [0.717, 1.165) is 0 Å². The Kier molecular flexibility index (Phi) is 4.00. The Balaban J connectivity index is 4.07. The van der Waals surface area contributed by atoms with Crippen LogP contribution < -0.4 is 5.11 Å². The smallest absolute Gasteiger partial charge is 0.509 e. The van der Waals surface area contributed by atoms with Gasteiger partial charge in [-0.25, -0.2) is 4.79 Å². The minimum absolute atomic E-state index is 0.895. The number of carboxylic acids is 1. The Hall–Kier alpha value is -1.40. The lowest BCUT2D eigenvalue weighted by Crippen LogP contribution is -2.45. The third-order valence-electron chi connectivity index (χ3n) is 1.06. The van der Waals surface area contributed by atoms with Crippen LogP contribution in [0.25, 0.3) is 0 Å². The van der Waals surface area contributed by atoms with Crippen molar-refractivity contribution >= 4 is 12.1 Å². The molecule has 0 aliphatic heterocycles. The fourth-order valence-electron chi connectivity index (χ4n) is 0.488. The third-order valence-corrected chi connectivity index (χ3v) is 1.06. The minimum Gasteiger partial charge on any atom is -0.544 e. The number of halogens is 2. The van der Waals surface area contributed by atoms with Crippen molar-refractivity contribution in [3.63, 3.8) is 0 Å². The highest BCUT2D eigenvalue weighted by atomic mass is 19.3. The van der Waals surface area contributed by atoms with E-state index in [0.29, 0.717) is 0 Å². The van der Waals surface area contributed by atoms with Crippen molar-refractivity contribution in [2.75, 3.05) is 6.61 Å². The first-order chi connectivity index (χ1) is 6.54. The van der Waals surface area contributed by atoms with E-state index >= 15 is 0 Å². The molecule has 0 fully saturated rings. The standard InChI is InChI=1S/C8H12F2O5/c1-7(2,3)15-6(13)14-4-8(9,10)5(11)12/h4H2,1-3H3,(H,11,12)/p-1. The second-order valence-electron chi connectivity index (χ2n) is 3.75. The first-order valence-corrected chi connectivity index (χ1v) is 3.99. The SMILES string of the molecule is CC(C)(C)OC(=O)OCC(F)(F)C(=O)[O-]. The molecule has 7 heteroatoms. The molecule has 0 saturated heterocycles. The number of ether oxygens (including phenoxy) is 2. The van der Waals surface area contributed by atoms with Crippen LogP contribution >= 0.6 is 0 Å². The van der Waals surface area contributed by atoms with E-state index in [9.17, 15) is 23.5 Å². The van der Waals surface area contributed by atoms with Crippen molar-refractivity contribution in [3.8, 4) is 0 Å². The first-order valence-electron chi connectivity index (χ1n) is 3.99. The number of aliphatic carboxylic acids is 1. The lowest BCUT2D eigenvalue weighted by Gasteiger charge is -2.21. The van der Waals surface area contributed by atoms with E-state index < -0.39 is 30.3 Å². The van der Waals surface area contributed by atoms with Gasteiger partial charge in [0.1, 0.15) is 11.6 Å². The zero-order valence-corrected chi connectivity index (χ0v) is 8.50. The molecule has 0 radical (unpaired) electrons. The summed E-state index contributed by atoms with van der Waals surface area (Å²) in [4.78, 5) is 20.6. The van der Waals surface area contributed by atoms with E-state index in [1.807, 2.05) is 0 Å². The molecule has 0 amide bonds. The number of carbonyl (C=O) groups excluding carboxylic acids is 2. The van der Waals surface area contributed by atoms with Gasteiger partial charge in [-0.3, -0.25) is 0 Å². The van der Waals surface area contributed by atoms with Crippen LogP contribution in [0.4, 0.5) is 13.6 Å². The maximum atomic E-state index is 12.3. The summed E-state index contributed by atoms with van der Waals surface area (Å²) in [6.45, 7) is 2.91. The molecule has 15 heavy (non-hydrogen) atoms. The summed E-state index contributed by atoms with van der Waals surface area (Å²) in [7, 11) is 0. The average Bonchev–Trinajstić information content (AvgIpc) is 1.97. The van der Waals surface area contributed by atoms with Crippen LogP contribution in [-0.4, -0.2) is 30.3 Å². The molecule has 0 spiro atoms. The van der Waals surface area contributed by atoms with Crippen molar-refractivity contribution in [2.24, 2.45) is 0 Å². The first kappa shape index (κ1) is 13.6. The highest BCUT2D eigenvalue weighted by Gasteiger charge is 2.33.